The highest BCUT2D eigenvalue weighted by Crippen LogP contribution is 2.46. The summed E-state index contributed by atoms with van der Waals surface area (Å²) in [5.74, 6) is 0.689. The second-order valence-corrected chi connectivity index (χ2v) is 9.88. The molecule has 2 N–H and O–H groups in total. The van der Waals surface area contributed by atoms with E-state index in [0.29, 0.717) is 35.9 Å². The zero-order valence-electron chi connectivity index (χ0n) is 21.8. The molecule has 7 nitrogen and oxygen atoms in total. The van der Waals surface area contributed by atoms with Gasteiger partial charge in [-0.3, -0.25) is 14.9 Å². The molecule has 3 heterocycles. The van der Waals surface area contributed by atoms with Crippen molar-refractivity contribution in [2.75, 3.05) is 0 Å². The number of ether oxygens (including phenoxy) is 1. The third-order valence-corrected chi connectivity index (χ3v) is 7.06. The molecule has 0 spiro atoms. The largest absolute Gasteiger partial charge is 0.507 e. The lowest BCUT2D eigenvalue weighted by molar-refractivity contribution is 0.0729. The molecule has 2 aromatic heterocycles. The third-order valence-electron chi connectivity index (χ3n) is 7.06. The minimum atomic E-state index is -0.443. The Morgan fingerprint density at radius 3 is 2.56 bits per heavy atom. The summed E-state index contributed by atoms with van der Waals surface area (Å²) in [6.07, 6.45) is 3.49. The van der Waals surface area contributed by atoms with E-state index in [-0.39, 0.29) is 11.7 Å². The number of pyridine rings is 1. The average molecular weight is 517 g/mol. The summed E-state index contributed by atoms with van der Waals surface area (Å²) in [5, 5.41) is 18.5. The zero-order valence-corrected chi connectivity index (χ0v) is 21.8. The molecule has 3 aromatic carbocycles. The van der Waals surface area contributed by atoms with Crippen molar-refractivity contribution in [3.63, 3.8) is 0 Å². The lowest BCUT2D eigenvalue weighted by Gasteiger charge is -2.27. The van der Waals surface area contributed by atoms with E-state index >= 15 is 0 Å². The number of aromatic amines is 1. The van der Waals surface area contributed by atoms with E-state index in [4.69, 9.17) is 4.74 Å². The summed E-state index contributed by atoms with van der Waals surface area (Å²) in [7, 11) is 0. The van der Waals surface area contributed by atoms with Crippen LogP contribution in [0.2, 0.25) is 0 Å². The first kappa shape index (κ1) is 24.4. The van der Waals surface area contributed by atoms with Crippen LogP contribution in [0.4, 0.5) is 0 Å². The Kier molecular flexibility index (Phi) is 6.32. The van der Waals surface area contributed by atoms with E-state index in [9.17, 15) is 9.90 Å². The summed E-state index contributed by atoms with van der Waals surface area (Å²) in [5.41, 5.74) is 7.08. The number of phenols is 1. The first-order valence-corrected chi connectivity index (χ1v) is 12.8. The van der Waals surface area contributed by atoms with Crippen molar-refractivity contribution in [2.45, 2.75) is 33.0 Å². The number of nitrogens with one attached hydrogen (secondary N) is 1. The summed E-state index contributed by atoms with van der Waals surface area (Å²) >= 11 is 0. The van der Waals surface area contributed by atoms with E-state index in [1.807, 2.05) is 91.5 Å². The molecular weight excluding hydrogens is 488 g/mol. The molecule has 6 rings (SSSR count). The van der Waals surface area contributed by atoms with Crippen LogP contribution in [0.15, 0.2) is 91.3 Å². The smallest absolute Gasteiger partial charge is 0.273 e. The molecule has 0 radical (unpaired) electrons. The molecule has 0 aliphatic carbocycles. The van der Waals surface area contributed by atoms with Crippen molar-refractivity contribution in [1.82, 2.24) is 20.1 Å². The first-order valence-electron chi connectivity index (χ1n) is 12.8. The zero-order chi connectivity index (χ0) is 26.9. The van der Waals surface area contributed by atoms with Gasteiger partial charge in [0.1, 0.15) is 29.5 Å². The highest BCUT2D eigenvalue weighted by Gasteiger charge is 2.43. The monoisotopic (exact) mass is 516 g/mol. The van der Waals surface area contributed by atoms with Gasteiger partial charge in [0, 0.05) is 30.1 Å². The van der Waals surface area contributed by atoms with Crippen LogP contribution < -0.4 is 4.74 Å². The summed E-state index contributed by atoms with van der Waals surface area (Å²) < 4.78 is 6.13. The van der Waals surface area contributed by atoms with Gasteiger partial charge >= 0.3 is 0 Å². The molecule has 5 aromatic rings. The van der Waals surface area contributed by atoms with Crippen molar-refractivity contribution in [3.05, 3.63) is 130 Å². The van der Waals surface area contributed by atoms with Gasteiger partial charge in [0.05, 0.1) is 6.04 Å². The lowest BCUT2D eigenvalue weighted by atomic mass is 9.93. The number of aryl methyl sites for hydroxylation is 2. The van der Waals surface area contributed by atoms with Crippen LogP contribution in [0, 0.1) is 13.8 Å². The number of carbonyl (C=O) groups excluding carboxylic acids is 1. The first-order chi connectivity index (χ1) is 19.0. The molecule has 0 saturated heterocycles. The maximum Gasteiger partial charge on any atom is 0.273 e. The normalized spacial score (nSPS) is 14.5. The fourth-order valence-corrected chi connectivity index (χ4v) is 5.35. The number of fused-ring (bicyclic) bond motifs is 1. The number of H-pyrrole nitrogens is 1. The number of carbonyl (C=O) groups is 1. The Morgan fingerprint density at radius 2 is 1.79 bits per heavy atom. The predicted molar refractivity (Wildman–Crippen MR) is 148 cm³/mol. The molecule has 0 fully saturated rings. The molecule has 0 bridgehead atoms. The van der Waals surface area contributed by atoms with Gasteiger partial charge in [0.15, 0.2) is 0 Å². The van der Waals surface area contributed by atoms with Crippen LogP contribution in [0.3, 0.4) is 0 Å². The van der Waals surface area contributed by atoms with E-state index in [0.717, 1.165) is 33.4 Å². The molecule has 1 aliphatic heterocycles. The number of phenolic OH excluding ortho intramolecular Hbond substituents is 1. The number of aromatic nitrogens is 3. The minimum absolute atomic E-state index is 0.138. The molecule has 0 saturated carbocycles. The molecule has 1 atom stereocenters. The Labute approximate surface area is 226 Å². The van der Waals surface area contributed by atoms with Gasteiger partial charge in [-0.15, -0.1) is 0 Å². The highest BCUT2D eigenvalue weighted by molar-refractivity contribution is 6.00. The minimum Gasteiger partial charge on any atom is -0.507 e. The van der Waals surface area contributed by atoms with Gasteiger partial charge in [0.25, 0.3) is 5.91 Å². The van der Waals surface area contributed by atoms with Crippen LogP contribution in [-0.2, 0) is 13.2 Å². The Balaban J connectivity index is 1.44. The summed E-state index contributed by atoms with van der Waals surface area (Å²) in [6.45, 7) is 4.69. The van der Waals surface area contributed by atoms with E-state index in [2.05, 4.69) is 15.2 Å². The fraction of sp³-hybridized carbons (Fsp3) is 0.156. The van der Waals surface area contributed by atoms with Crippen LogP contribution in [-0.4, -0.2) is 31.1 Å². The predicted octanol–water partition coefficient (Wildman–Crippen LogP) is 6.12. The van der Waals surface area contributed by atoms with Gasteiger partial charge < -0.3 is 14.7 Å². The maximum absolute atomic E-state index is 13.8. The van der Waals surface area contributed by atoms with Gasteiger partial charge in [-0.25, -0.2) is 0 Å². The molecule has 39 heavy (non-hydrogen) atoms. The van der Waals surface area contributed by atoms with E-state index in [1.54, 1.807) is 18.5 Å². The third kappa shape index (κ3) is 4.63. The number of rotatable bonds is 7. The average Bonchev–Trinajstić information content (AvgIpc) is 3.47. The standard InChI is InChI=1S/C32H28N4O3/c1-20-14-21(2)27(26(37)15-20)29-28-30(35-34-29)32(38)36(18-23-10-7-13-33-17-23)31(28)24-11-6-12-25(16-24)39-19-22-8-4-3-5-9-22/h3-17,31,37H,18-19H2,1-2H3,(H,34,35). The van der Waals surface area contributed by atoms with Gasteiger partial charge in [-0.2, -0.15) is 5.10 Å². The number of hydrogen-bond acceptors (Lipinski definition) is 5. The fourth-order valence-electron chi connectivity index (χ4n) is 5.35. The van der Waals surface area contributed by atoms with Crippen molar-refractivity contribution in [2.24, 2.45) is 0 Å². The van der Waals surface area contributed by atoms with Crippen molar-refractivity contribution < 1.29 is 14.6 Å². The van der Waals surface area contributed by atoms with Gasteiger partial charge in [0.2, 0.25) is 0 Å². The van der Waals surface area contributed by atoms with E-state index in [1.165, 1.54) is 0 Å². The number of amides is 1. The number of benzene rings is 3. The van der Waals surface area contributed by atoms with Crippen LogP contribution in [0.1, 0.15) is 49.9 Å². The number of nitrogens with zero attached hydrogens (tertiary/aromatic N) is 3. The number of aromatic hydroxyl groups is 1. The van der Waals surface area contributed by atoms with Gasteiger partial charge in [-0.1, -0.05) is 54.6 Å². The van der Waals surface area contributed by atoms with Crippen LogP contribution in [0.25, 0.3) is 11.3 Å². The van der Waals surface area contributed by atoms with E-state index < -0.39 is 6.04 Å². The Hall–Kier alpha value is -4.91. The van der Waals surface area contributed by atoms with Crippen LogP contribution >= 0.6 is 0 Å². The molecule has 194 valence electrons. The van der Waals surface area contributed by atoms with Crippen molar-refractivity contribution >= 4 is 5.91 Å². The molecule has 1 amide bonds. The van der Waals surface area contributed by atoms with Gasteiger partial charge in [-0.05, 0) is 65.9 Å². The van der Waals surface area contributed by atoms with Crippen molar-refractivity contribution in [1.29, 1.82) is 0 Å². The molecule has 7 heteroatoms. The second kappa shape index (κ2) is 10.1. The van der Waals surface area contributed by atoms with Crippen molar-refractivity contribution in [3.8, 4) is 22.8 Å². The molecule has 1 unspecified atom stereocenters. The summed E-state index contributed by atoms with van der Waals surface area (Å²) in [4.78, 5) is 19.8. The SMILES string of the molecule is Cc1cc(C)c(-c2n[nH]c3c2C(c2cccc(OCc4ccccc4)c2)N(Cc2cccnc2)C3=O)c(O)c1. The Bertz CT molecular complexity index is 1620. The van der Waals surface area contributed by atoms with Crippen LogP contribution in [0.5, 0.6) is 11.5 Å². The maximum atomic E-state index is 13.8. The molecule has 1 aliphatic rings. The summed E-state index contributed by atoms with van der Waals surface area (Å²) in [6, 6.07) is 24.9. The lowest BCUT2D eigenvalue weighted by Crippen LogP contribution is -2.29. The second-order valence-electron chi connectivity index (χ2n) is 9.88. The number of hydrogen-bond donors (Lipinski definition) is 2. The quantitative estimate of drug-likeness (QED) is 0.272. The molecular formula is C32H28N4O3. The highest BCUT2D eigenvalue weighted by atomic mass is 16.5. The Morgan fingerprint density at radius 1 is 0.974 bits per heavy atom. The topological polar surface area (TPSA) is 91.3 Å².